The van der Waals surface area contributed by atoms with Crippen molar-refractivity contribution in [2.24, 2.45) is 0 Å². The molecule has 0 aliphatic carbocycles. The summed E-state index contributed by atoms with van der Waals surface area (Å²) < 4.78 is 0. The third kappa shape index (κ3) is 5.14. The number of carbonyl (C=O) groups excluding carboxylic acids is 1. The fourth-order valence-electron chi connectivity index (χ4n) is 1.81. The molecule has 1 heterocycles. The van der Waals surface area contributed by atoms with Gasteiger partial charge in [-0.1, -0.05) is 19.8 Å². The molecule has 1 aliphatic rings. The van der Waals surface area contributed by atoms with E-state index in [9.17, 15) is 4.79 Å². The van der Waals surface area contributed by atoms with Crippen molar-refractivity contribution < 1.29 is 9.80 Å². The van der Waals surface area contributed by atoms with Crippen LogP contribution in [0.3, 0.4) is 0 Å². The standard InChI is InChI=1S/C11H23N3O/c1-3-4-5-6-11(15)12-14-9-7-13(2)8-10-14/h3-10H2,1-2H3,(H,12,15)/p+1. The molecule has 1 fully saturated rings. The summed E-state index contributed by atoms with van der Waals surface area (Å²) in [5.74, 6) is 0.211. The number of hydrogen-bond acceptors (Lipinski definition) is 2. The smallest absolute Gasteiger partial charge is 0.264 e. The van der Waals surface area contributed by atoms with Gasteiger partial charge in [0.25, 0.3) is 5.91 Å². The van der Waals surface area contributed by atoms with Crippen molar-refractivity contribution >= 4 is 5.91 Å². The molecule has 88 valence electrons. The van der Waals surface area contributed by atoms with Gasteiger partial charge in [-0.05, 0) is 13.5 Å². The Kier molecular flexibility index (Phi) is 5.65. The summed E-state index contributed by atoms with van der Waals surface area (Å²) in [6.45, 7) is 6.35. The van der Waals surface area contributed by atoms with Gasteiger partial charge in [0, 0.05) is 19.5 Å². The van der Waals surface area contributed by atoms with Gasteiger partial charge in [0.1, 0.15) is 13.1 Å². The van der Waals surface area contributed by atoms with Crippen LogP contribution >= 0.6 is 0 Å². The zero-order chi connectivity index (χ0) is 11.1. The minimum absolute atomic E-state index is 0.211. The summed E-state index contributed by atoms with van der Waals surface area (Å²) in [5.41, 5.74) is 3.05. The van der Waals surface area contributed by atoms with Crippen LogP contribution in [0.15, 0.2) is 0 Å². The third-order valence-corrected chi connectivity index (χ3v) is 2.91. The van der Waals surface area contributed by atoms with Gasteiger partial charge in [0.05, 0.1) is 0 Å². The average Bonchev–Trinajstić information content (AvgIpc) is 2.22. The van der Waals surface area contributed by atoms with Crippen molar-refractivity contribution in [1.82, 2.24) is 10.3 Å². The maximum Gasteiger partial charge on any atom is 0.264 e. The van der Waals surface area contributed by atoms with E-state index < -0.39 is 0 Å². The van der Waals surface area contributed by atoms with Gasteiger partial charge in [0.15, 0.2) is 0 Å². The van der Waals surface area contributed by atoms with E-state index in [-0.39, 0.29) is 5.91 Å². The molecule has 0 atom stereocenters. The summed E-state index contributed by atoms with van der Waals surface area (Å²) in [7, 11) is 2.12. The third-order valence-electron chi connectivity index (χ3n) is 2.91. The summed E-state index contributed by atoms with van der Waals surface area (Å²) in [6, 6.07) is 0. The Morgan fingerprint density at radius 2 is 2.00 bits per heavy atom. The van der Waals surface area contributed by atoms with E-state index in [2.05, 4.69) is 24.3 Å². The summed E-state index contributed by atoms with van der Waals surface area (Å²) in [5, 5.41) is 1.23. The molecule has 0 aromatic carbocycles. The van der Waals surface area contributed by atoms with Gasteiger partial charge in [0.2, 0.25) is 0 Å². The van der Waals surface area contributed by atoms with Crippen LogP contribution in [0, 0.1) is 0 Å². The lowest BCUT2D eigenvalue weighted by molar-refractivity contribution is -0.940. The highest BCUT2D eigenvalue weighted by atomic mass is 16.2. The fourth-order valence-corrected chi connectivity index (χ4v) is 1.81. The Hall–Kier alpha value is -0.610. The highest BCUT2D eigenvalue weighted by molar-refractivity contribution is 5.74. The fraction of sp³-hybridized carbons (Fsp3) is 0.909. The first-order valence-electron chi connectivity index (χ1n) is 6.05. The lowest BCUT2D eigenvalue weighted by atomic mass is 10.2. The number of unbranched alkanes of at least 4 members (excludes halogenated alkanes) is 2. The highest BCUT2D eigenvalue weighted by Gasteiger charge is 2.18. The van der Waals surface area contributed by atoms with Crippen LogP contribution in [0.1, 0.15) is 32.6 Å². The zero-order valence-electron chi connectivity index (χ0n) is 10.0. The number of amides is 1. The predicted octanol–water partition coefficient (Wildman–Crippen LogP) is -0.572. The van der Waals surface area contributed by atoms with E-state index in [0.29, 0.717) is 6.42 Å². The number of rotatable bonds is 5. The Labute approximate surface area is 92.6 Å². The molecule has 1 saturated heterocycles. The van der Waals surface area contributed by atoms with E-state index in [4.69, 9.17) is 0 Å². The molecule has 0 saturated carbocycles. The van der Waals surface area contributed by atoms with E-state index in [1.165, 1.54) is 11.4 Å². The Bertz CT molecular complexity index is 188. The maximum absolute atomic E-state index is 11.5. The first kappa shape index (κ1) is 12.5. The highest BCUT2D eigenvalue weighted by Crippen LogP contribution is 1.97. The Balaban J connectivity index is 2.09. The lowest BCUT2D eigenvalue weighted by Gasteiger charge is -2.28. The number of quaternary nitrogens is 1. The number of nitrogens with one attached hydrogen (secondary N) is 2. The second kappa shape index (κ2) is 6.80. The first-order valence-corrected chi connectivity index (χ1v) is 6.05. The number of piperazine rings is 1. The molecule has 0 bridgehead atoms. The van der Waals surface area contributed by atoms with Crippen LogP contribution in [0.25, 0.3) is 0 Å². The topological polar surface area (TPSA) is 36.8 Å². The monoisotopic (exact) mass is 214 g/mol. The first-order chi connectivity index (χ1) is 7.22. The van der Waals surface area contributed by atoms with Crippen molar-refractivity contribution in [3.05, 3.63) is 0 Å². The van der Waals surface area contributed by atoms with Crippen molar-refractivity contribution in [3.63, 3.8) is 0 Å². The minimum atomic E-state index is 0.211. The van der Waals surface area contributed by atoms with Crippen molar-refractivity contribution in [2.75, 3.05) is 33.2 Å². The maximum atomic E-state index is 11.5. The molecule has 0 aromatic heterocycles. The number of likely N-dealkylation sites (N-methyl/N-ethyl adjacent to an activating group) is 1. The van der Waals surface area contributed by atoms with Crippen LogP contribution in [0.2, 0.25) is 0 Å². The predicted molar refractivity (Wildman–Crippen MR) is 60.5 cm³/mol. The molecule has 1 amide bonds. The summed E-state index contributed by atoms with van der Waals surface area (Å²) in [4.78, 5) is 13.8. The van der Waals surface area contributed by atoms with Crippen LogP contribution < -0.4 is 10.4 Å². The van der Waals surface area contributed by atoms with Crippen LogP contribution in [-0.4, -0.2) is 44.0 Å². The number of hydrogen-bond donors (Lipinski definition) is 2. The SMILES string of the molecule is CCCCCC(=O)N[NH+]1CCN(C)CC1. The molecule has 0 unspecified atom stereocenters. The van der Waals surface area contributed by atoms with Crippen molar-refractivity contribution in [1.29, 1.82) is 0 Å². The Morgan fingerprint density at radius 1 is 1.33 bits per heavy atom. The molecule has 0 radical (unpaired) electrons. The molecule has 0 spiro atoms. The van der Waals surface area contributed by atoms with E-state index in [1.807, 2.05) is 0 Å². The van der Waals surface area contributed by atoms with Crippen molar-refractivity contribution in [3.8, 4) is 0 Å². The molecule has 1 rings (SSSR count). The normalized spacial score (nSPS) is 19.1. The minimum Gasteiger partial charge on any atom is -0.295 e. The van der Waals surface area contributed by atoms with E-state index in [0.717, 1.165) is 39.0 Å². The number of carbonyl (C=O) groups is 1. The summed E-state index contributed by atoms with van der Waals surface area (Å²) in [6.07, 6.45) is 4.04. The zero-order valence-corrected chi connectivity index (χ0v) is 10.0. The second-order valence-corrected chi connectivity index (χ2v) is 4.41. The van der Waals surface area contributed by atoms with Gasteiger partial charge in [-0.15, -0.1) is 0 Å². The molecule has 0 aromatic rings. The molecule has 4 nitrogen and oxygen atoms in total. The molecule has 15 heavy (non-hydrogen) atoms. The quantitative estimate of drug-likeness (QED) is 0.601. The summed E-state index contributed by atoms with van der Waals surface area (Å²) >= 11 is 0. The number of nitrogens with zero attached hydrogens (tertiary/aromatic N) is 1. The van der Waals surface area contributed by atoms with E-state index in [1.54, 1.807) is 0 Å². The van der Waals surface area contributed by atoms with Gasteiger partial charge in [-0.25, -0.2) is 10.4 Å². The second-order valence-electron chi connectivity index (χ2n) is 4.41. The molecule has 1 aliphatic heterocycles. The van der Waals surface area contributed by atoms with Gasteiger partial charge in [-0.2, -0.15) is 0 Å². The van der Waals surface area contributed by atoms with E-state index >= 15 is 0 Å². The molecular weight excluding hydrogens is 190 g/mol. The van der Waals surface area contributed by atoms with Gasteiger partial charge in [-0.3, -0.25) is 9.69 Å². The van der Waals surface area contributed by atoms with Crippen LogP contribution in [0.4, 0.5) is 0 Å². The lowest BCUT2D eigenvalue weighted by Crippen LogP contribution is -3.21. The van der Waals surface area contributed by atoms with Gasteiger partial charge < -0.3 is 0 Å². The van der Waals surface area contributed by atoms with Crippen molar-refractivity contribution in [2.45, 2.75) is 32.6 Å². The molecule has 4 heteroatoms. The molecule has 2 N–H and O–H groups in total. The van der Waals surface area contributed by atoms with Gasteiger partial charge >= 0.3 is 0 Å². The Morgan fingerprint density at radius 3 is 2.60 bits per heavy atom. The average molecular weight is 214 g/mol. The molecular formula is C11H24N3O+. The van der Waals surface area contributed by atoms with Crippen LogP contribution in [0.5, 0.6) is 0 Å². The largest absolute Gasteiger partial charge is 0.295 e. The van der Waals surface area contributed by atoms with Crippen LogP contribution in [-0.2, 0) is 4.79 Å².